The first-order valence-electron chi connectivity index (χ1n) is 22.6. The van der Waals surface area contributed by atoms with Crippen LogP contribution in [0.25, 0.3) is 0 Å². The Bertz CT molecular complexity index is 634. The monoisotopic (exact) mass is 710 g/mol. The smallest absolute Gasteiger partial charge is 0.132 e. The van der Waals surface area contributed by atoms with Crippen LogP contribution in [0.5, 0.6) is 0 Å². The number of rotatable bonds is 43. The molecule has 0 N–H and O–H groups in total. The molecule has 0 amide bonds. The van der Waals surface area contributed by atoms with Gasteiger partial charge in [0.05, 0.1) is 34.3 Å². The lowest BCUT2D eigenvalue weighted by atomic mass is 10.0. The van der Waals surface area contributed by atoms with E-state index in [2.05, 4.69) is 28.1 Å². The molecule has 4 heteroatoms. The highest BCUT2D eigenvalue weighted by molar-refractivity contribution is 7.32. The number of Topliss-reactive ketones (excluding diaryl/α,β-unsaturated/α-hetero) is 1. The minimum absolute atomic E-state index is 0.527. The topological polar surface area (TPSA) is 26.3 Å². The fourth-order valence-electron chi connectivity index (χ4n) is 6.94. The van der Waals surface area contributed by atoms with Crippen LogP contribution >= 0.6 is 8.81 Å². The Morgan fingerprint density at radius 3 is 0.959 bits per heavy atom. The van der Waals surface area contributed by atoms with Gasteiger partial charge in [0.15, 0.2) is 0 Å². The van der Waals surface area contributed by atoms with Crippen LogP contribution in [0.15, 0.2) is 0 Å². The lowest BCUT2D eigenvalue weighted by Gasteiger charge is -2.27. The van der Waals surface area contributed by atoms with E-state index in [0.29, 0.717) is 5.78 Å². The minimum Gasteiger partial charge on any atom is -0.553 e. The van der Waals surface area contributed by atoms with E-state index in [-0.39, 0.29) is 0 Å². The third kappa shape index (κ3) is 46.0. The molecule has 0 bridgehead atoms. The Kier molecular flexibility index (Phi) is 40.8. The van der Waals surface area contributed by atoms with Crippen molar-refractivity contribution in [1.82, 2.24) is 0 Å². The second kappa shape index (κ2) is 40.8. The van der Waals surface area contributed by atoms with Gasteiger partial charge in [-0.3, -0.25) is 4.79 Å². The van der Waals surface area contributed by atoms with E-state index in [0.717, 1.165) is 43.3 Å². The van der Waals surface area contributed by atoms with E-state index in [9.17, 15) is 4.79 Å². The largest absolute Gasteiger partial charge is 0.553 e. The molecule has 0 saturated heterocycles. The quantitative estimate of drug-likeness (QED) is 0.0358. The summed E-state index contributed by atoms with van der Waals surface area (Å²) in [5, 5.41) is 0. The van der Waals surface area contributed by atoms with Crippen molar-refractivity contribution in [2.24, 2.45) is 0 Å². The predicted octanol–water partition coefficient (Wildman–Crippen LogP) is 15.6. The number of nitrogens with zero attached hydrogens (tertiary/aromatic N) is 1. The zero-order chi connectivity index (χ0) is 35.8. The van der Waals surface area contributed by atoms with Crippen LogP contribution in [0.3, 0.4) is 0 Å². The molecular formula is C45H92NO2P. The molecule has 0 aromatic carbocycles. The van der Waals surface area contributed by atoms with Crippen molar-refractivity contribution < 1.29 is 13.8 Å². The fraction of sp³-hybridized carbons (Fsp3) is 0.978. The number of likely N-dealkylation sites (N-methyl/N-ethyl adjacent to an activating group) is 1. The van der Waals surface area contributed by atoms with Crippen LogP contribution in [-0.2, 0) is 9.32 Å². The molecule has 49 heavy (non-hydrogen) atoms. The number of hydrogen-bond donors (Lipinski definition) is 0. The van der Waals surface area contributed by atoms with Crippen molar-refractivity contribution >= 4 is 14.6 Å². The molecule has 0 aromatic rings. The number of carbonyl (C=O) groups is 1. The molecule has 0 saturated carbocycles. The van der Waals surface area contributed by atoms with Crippen molar-refractivity contribution in [2.45, 2.75) is 244 Å². The highest BCUT2D eigenvalue weighted by atomic mass is 31.1. The van der Waals surface area contributed by atoms with Gasteiger partial charge in [-0.25, -0.2) is 0 Å². The van der Waals surface area contributed by atoms with Crippen LogP contribution in [0.1, 0.15) is 244 Å². The van der Waals surface area contributed by atoms with E-state index < -0.39 is 0 Å². The van der Waals surface area contributed by atoms with Gasteiger partial charge in [0.2, 0.25) is 0 Å². The Hall–Kier alpha value is 0.0200. The standard InChI is InChI=1S/C45H92NO2P/c1-5-6-7-8-9-10-11-12-19-22-25-28-31-34-37-40-45(47)41-38-35-32-29-26-23-20-17-15-13-14-16-18-21-24-27-30-33-36-39-44-49-48-43-42-46(2,3)4/h5-44H2,1-4H3. The molecule has 0 unspecified atom stereocenters. The van der Waals surface area contributed by atoms with Crippen LogP contribution in [0, 0.1) is 0 Å². The number of ketones is 1. The molecule has 0 heterocycles. The van der Waals surface area contributed by atoms with Gasteiger partial charge in [0.25, 0.3) is 0 Å². The Labute approximate surface area is 312 Å². The van der Waals surface area contributed by atoms with Gasteiger partial charge in [0, 0.05) is 12.8 Å². The maximum Gasteiger partial charge on any atom is 0.132 e. The van der Waals surface area contributed by atoms with E-state index in [1.807, 2.05) is 0 Å². The molecule has 294 valence electrons. The maximum atomic E-state index is 12.2. The Morgan fingerprint density at radius 2 is 0.673 bits per heavy atom. The Morgan fingerprint density at radius 1 is 0.408 bits per heavy atom. The van der Waals surface area contributed by atoms with E-state index >= 15 is 0 Å². The number of hydrogen-bond acceptors (Lipinski definition) is 2. The zero-order valence-corrected chi connectivity index (χ0v) is 35.4. The van der Waals surface area contributed by atoms with Gasteiger partial charge in [-0.2, -0.15) is 6.16 Å². The SMILES string of the molecule is CCCCCCCCCCCCCCCCCC(=O)CCCCCCCCCCCCCCCCCCCCCC[P-]OCC[N+](C)(C)C. The summed E-state index contributed by atoms with van der Waals surface area (Å²) in [6.07, 6.45) is 51.7. The predicted molar refractivity (Wildman–Crippen MR) is 222 cm³/mol. The summed E-state index contributed by atoms with van der Waals surface area (Å²) in [6.45, 7) is 4.28. The van der Waals surface area contributed by atoms with Crippen molar-refractivity contribution in [3.63, 3.8) is 0 Å². The summed E-state index contributed by atoms with van der Waals surface area (Å²) >= 11 is 0. The van der Waals surface area contributed by atoms with Gasteiger partial charge in [-0.1, -0.05) is 219 Å². The molecular weight excluding hydrogens is 617 g/mol. The van der Waals surface area contributed by atoms with Crippen molar-refractivity contribution in [1.29, 1.82) is 0 Å². The molecule has 0 spiro atoms. The number of carbonyl (C=O) groups excluding carboxylic acids is 1. The molecule has 0 fully saturated rings. The van der Waals surface area contributed by atoms with Crippen molar-refractivity contribution in [3.8, 4) is 0 Å². The maximum absolute atomic E-state index is 12.2. The molecule has 0 aliphatic rings. The highest BCUT2D eigenvalue weighted by Crippen LogP contribution is 2.19. The first kappa shape index (κ1) is 49.0. The first-order valence-corrected chi connectivity index (χ1v) is 23.6. The minimum atomic E-state index is 0.527. The molecule has 0 rings (SSSR count). The summed E-state index contributed by atoms with van der Waals surface area (Å²) in [5.41, 5.74) is 0. The lowest BCUT2D eigenvalue weighted by Crippen LogP contribution is -2.37. The number of quaternary nitrogens is 1. The average molecular weight is 710 g/mol. The van der Waals surface area contributed by atoms with Crippen LogP contribution in [0.2, 0.25) is 0 Å². The third-order valence-electron chi connectivity index (χ3n) is 10.5. The lowest BCUT2D eigenvalue weighted by molar-refractivity contribution is -0.870. The molecule has 0 atom stereocenters. The van der Waals surface area contributed by atoms with Crippen molar-refractivity contribution in [2.75, 3.05) is 40.5 Å². The first-order chi connectivity index (χ1) is 24.0. The van der Waals surface area contributed by atoms with Gasteiger partial charge in [-0.15, -0.1) is 0 Å². The van der Waals surface area contributed by atoms with Gasteiger partial charge < -0.3 is 17.8 Å². The summed E-state index contributed by atoms with van der Waals surface area (Å²) in [7, 11) is 7.86. The highest BCUT2D eigenvalue weighted by Gasteiger charge is 2.04. The zero-order valence-electron chi connectivity index (χ0n) is 34.5. The Balaban J connectivity index is 3.15. The van der Waals surface area contributed by atoms with E-state index in [1.165, 1.54) is 227 Å². The van der Waals surface area contributed by atoms with Crippen LogP contribution in [0.4, 0.5) is 0 Å². The normalized spacial score (nSPS) is 12.2. The molecule has 0 aromatic heterocycles. The summed E-state index contributed by atoms with van der Waals surface area (Å²) in [4.78, 5) is 12.2. The van der Waals surface area contributed by atoms with Crippen LogP contribution < -0.4 is 0 Å². The number of unbranched alkanes of at least 4 members (excludes halogenated alkanes) is 33. The molecule has 0 radical (unpaired) electrons. The second-order valence-corrected chi connectivity index (χ2v) is 17.7. The average Bonchev–Trinajstić information content (AvgIpc) is 3.07. The van der Waals surface area contributed by atoms with Gasteiger partial charge in [0.1, 0.15) is 5.78 Å². The second-order valence-electron chi connectivity index (χ2n) is 16.8. The van der Waals surface area contributed by atoms with Crippen LogP contribution in [-0.4, -0.2) is 50.7 Å². The summed E-state index contributed by atoms with van der Waals surface area (Å²) in [6, 6.07) is 0. The van der Waals surface area contributed by atoms with Gasteiger partial charge in [-0.05, 0) is 12.8 Å². The summed E-state index contributed by atoms with van der Waals surface area (Å²) < 4.78 is 6.73. The van der Waals surface area contributed by atoms with E-state index in [4.69, 9.17) is 4.52 Å². The molecule has 3 nitrogen and oxygen atoms in total. The van der Waals surface area contributed by atoms with Crippen molar-refractivity contribution in [3.05, 3.63) is 0 Å². The summed E-state index contributed by atoms with van der Waals surface area (Å²) in [5.74, 6) is 0.527. The van der Waals surface area contributed by atoms with E-state index in [1.54, 1.807) is 0 Å². The fourth-order valence-corrected chi connectivity index (χ4v) is 7.64. The molecule has 0 aliphatic carbocycles. The third-order valence-corrected chi connectivity index (χ3v) is 11.3. The molecule has 0 aliphatic heterocycles. The van der Waals surface area contributed by atoms with Gasteiger partial charge >= 0.3 is 0 Å².